The van der Waals surface area contributed by atoms with Crippen molar-refractivity contribution >= 4 is 5.52 Å². The zero-order chi connectivity index (χ0) is 13.0. The topological polar surface area (TPSA) is 29.3 Å². The summed E-state index contributed by atoms with van der Waals surface area (Å²) in [5, 5.41) is 8.00. The molecule has 98 valence electrons. The Morgan fingerprint density at radius 3 is 2.83 bits per heavy atom. The van der Waals surface area contributed by atoms with Crippen LogP contribution < -0.4 is 5.32 Å². The van der Waals surface area contributed by atoms with Crippen LogP contribution in [-0.4, -0.2) is 16.2 Å². The van der Waals surface area contributed by atoms with Crippen LogP contribution in [0.1, 0.15) is 45.2 Å². The molecule has 0 spiro atoms. The Bertz CT molecular complexity index is 487. The van der Waals surface area contributed by atoms with E-state index in [4.69, 9.17) is 0 Å². The molecule has 0 aliphatic heterocycles. The number of rotatable bonds is 6. The molecule has 3 heteroatoms. The molecular weight excluding hydrogens is 222 g/mol. The van der Waals surface area contributed by atoms with E-state index in [0.717, 1.165) is 12.5 Å². The Hall–Kier alpha value is -1.35. The monoisotopic (exact) mass is 245 g/mol. The highest BCUT2D eigenvalue weighted by Gasteiger charge is 2.15. The highest BCUT2D eigenvalue weighted by molar-refractivity contribution is 5.54. The lowest BCUT2D eigenvalue weighted by molar-refractivity contribution is 0.450. The molecule has 0 aromatic carbocycles. The van der Waals surface area contributed by atoms with E-state index in [0.29, 0.717) is 6.04 Å². The SMILES string of the molecule is CCNC(CCC(C)C)c1cnn2ccccc12. The second kappa shape index (κ2) is 6.01. The van der Waals surface area contributed by atoms with Gasteiger partial charge in [0.25, 0.3) is 0 Å². The Balaban J connectivity index is 2.24. The summed E-state index contributed by atoms with van der Waals surface area (Å²) >= 11 is 0. The summed E-state index contributed by atoms with van der Waals surface area (Å²) in [7, 11) is 0. The van der Waals surface area contributed by atoms with Crippen LogP contribution in [0.5, 0.6) is 0 Å². The molecule has 2 aromatic heterocycles. The summed E-state index contributed by atoms with van der Waals surface area (Å²) in [6.45, 7) is 7.71. The maximum Gasteiger partial charge on any atom is 0.0709 e. The molecule has 2 heterocycles. The van der Waals surface area contributed by atoms with Crippen LogP contribution in [0.3, 0.4) is 0 Å². The number of hydrogen-bond donors (Lipinski definition) is 1. The van der Waals surface area contributed by atoms with Crippen LogP contribution in [-0.2, 0) is 0 Å². The van der Waals surface area contributed by atoms with Crippen molar-refractivity contribution in [3.8, 4) is 0 Å². The predicted molar refractivity (Wildman–Crippen MR) is 75.7 cm³/mol. The van der Waals surface area contributed by atoms with Crippen molar-refractivity contribution in [2.75, 3.05) is 6.54 Å². The van der Waals surface area contributed by atoms with E-state index in [2.05, 4.69) is 43.3 Å². The molecule has 0 bridgehead atoms. The zero-order valence-electron chi connectivity index (χ0n) is 11.6. The lowest BCUT2D eigenvalue weighted by Gasteiger charge is -2.18. The highest BCUT2D eigenvalue weighted by Crippen LogP contribution is 2.24. The number of hydrogen-bond acceptors (Lipinski definition) is 2. The molecule has 0 saturated heterocycles. The average molecular weight is 245 g/mol. The van der Waals surface area contributed by atoms with Crippen LogP contribution in [0, 0.1) is 5.92 Å². The van der Waals surface area contributed by atoms with Gasteiger partial charge in [0.1, 0.15) is 0 Å². The number of nitrogens with zero attached hydrogens (tertiary/aromatic N) is 2. The van der Waals surface area contributed by atoms with E-state index < -0.39 is 0 Å². The van der Waals surface area contributed by atoms with Gasteiger partial charge in [-0.3, -0.25) is 0 Å². The first-order valence-electron chi connectivity index (χ1n) is 6.88. The Morgan fingerprint density at radius 2 is 2.11 bits per heavy atom. The largest absolute Gasteiger partial charge is 0.310 e. The van der Waals surface area contributed by atoms with E-state index in [-0.39, 0.29) is 0 Å². The van der Waals surface area contributed by atoms with Gasteiger partial charge in [0, 0.05) is 17.8 Å². The summed E-state index contributed by atoms with van der Waals surface area (Å²) in [6, 6.07) is 6.64. The molecule has 1 unspecified atom stereocenters. The smallest absolute Gasteiger partial charge is 0.0709 e. The van der Waals surface area contributed by atoms with Gasteiger partial charge in [-0.1, -0.05) is 26.8 Å². The third kappa shape index (κ3) is 2.91. The molecule has 1 atom stereocenters. The maximum absolute atomic E-state index is 4.43. The minimum absolute atomic E-state index is 0.414. The normalized spacial score (nSPS) is 13.3. The molecule has 3 nitrogen and oxygen atoms in total. The fourth-order valence-electron chi connectivity index (χ4n) is 2.34. The van der Waals surface area contributed by atoms with Crippen molar-refractivity contribution in [1.82, 2.24) is 14.9 Å². The summed E-state index contributed by atoms with van der Waals surface area (Å²) in [4.78, 5) is 0. The number of aromatic nitrogens is 2. The van der Waals surface area contributed by atoms with Gasteiger partial charge in [-0.05, 0) is 37.4 Å². The van der Waals surface area contributed by atoms with Crippen LogP contribution in [0.2, 0.25) is 0 Å². The van der Waals surface area contributed by atoms with Gasteiger partial charge in [0.05, 0.1) is 11.7 Å². The summed E-state index contributed by atoms with van der Waals surface area (Å²) in [6.07, 6.45) is 6.41. The molecule has 18 heavy (non-hydrogen) atoms. The van der Waals surface area contributed by atoms with Crippen molar-refractivity contribution in [2.45, 2.75) is 39.7 Å². The summed E-state index contributed by atoms with van der Waals surface area (Å²) < 4.78 is 1.95. The van der Waals surface area contributed by atoms with Crippen LogP contribution >= 0.6 is 0 Å². The first-order chi connectivity index (χ1) is 8.72. The predicted octanol–water partition coefficient (Wildman–Crippen LogP) is 3.42. The third-order valence-corrected chi connectivity index (χ3v) is 3.31. The van der Waals surface area contributed by atoms with Crippen LogP contribution in [0.15, 0.2) is 30.6 Å². The first-order valence-corrected chi connectivity index (χ1v) is 6.88. The molecule has 0 saturated carbocycles. The second-order valence-electron chi connectivity index (χ2n) is 5.21. The van der Waals surface area contributed by atoms with Gasteiger partial charge >= 0.3 is 0 Å². The van der Waals surface area contributed by atoms with Gasteiger partial charge in [-0.15, -0.1) is 0 Å². The summed E-state index contributed by atoms with van der Waals surface area (Å²) in [5.74, 6) is 0.744. The van der Waals surface area contributed by atoms with Crippen LogP contribution in [0.4, 0.5) is 0 Å². The Labute approximate surface area is 109 Å². The van der Waals surface area contributed by atoms with Crippen molar-refractivity contribution in [2.24, 2.45) is 5.92 Å². The van der Waals surface area contributed by atoms with Crippen molar-refractivity contribution in [3.05, 3.63) is 36.2 Å². The molecule has 0 aliphatic rings. The minimum Gasteiger partial charge on any atom is -0.310 e. The summed E-state index contributed by atoms with van der Waals surface area (Å²) in [5.41, 5.74) is 2.53. The zero-order valence-corrected chi connectivity index (χ0v) is 11.6. The van der Waals surface area contributed by atoms with E-state index in [1.54, 1.807) is 0 Å². The van der Waals surface area contributed by atoms with Crippen molar-refractivity contribution < 1.29 is 0 Å². The molecule has 0 fully saturated rings. The van der Waals surface area contributed by atoms with Gasteiger partial charge in [0.15, 0.2) is 0 Å². The average Bonchev–Trinajstić information content (AvgIpc) is 2.78. The van der Waals surface area contributed by atoms with E-state index in [1.165, 1.54) is 23.9 Å². The second-order valence-corrected chi connectivity index (χ2v) is 5.21. The fourth-order valence-corrected chi connectivity index (χ4v) is 2.34. The molecule has 0 aliphatic carbocycles. The van der Waals surface area contributed by atoms with Crippen molar-refractivity contribution in [1.29, 1.82) is 0 Å². The van der Waals surface area contributed by atoms with E-state index >= 15 is 0 Å². The van der Waals surface area contributed by atoms with E-state index in [1.807, 2.05) is 23.0 Å². The number of fused-ring (bicyclic) bond motifs is 1. The molecular formula is C15H23N3. The van der Waals surface area contributed by atoms with Gasteiger partial charge in [-0.2, -0.15) is 5.10 Å². The maximum atomic E-state index is 4.43. The van der Waals surface area contributed by atoms with Gasteiger partial charge in [0.2, 0.25) is 0 Å². The molecule has 1 N–H and O–H groups in total. The third-order valence-electron chi connectivity index (χ3n) is 3.31. The molecule has 0 radical (unpaired) electrons. The first kappa shape index (κ1) is 13.1. The standard InChI is InChI=1S/C15H23N3/c1-4-16-14(9-8-12(2)3)13-11-17-18-10-6-5-7-15(13)18/h5-7,10-12,14,16H,4,8-9H2,1-3H3. The van der Waals surface area contributed by atoms with Gasteiger partial charge < -0.3 is 5.32 Å². The van der Waals surface area contributed by atoms with Crippen molar-refractivity contribution in [3.63, 3.8) is 0 Å². The van der Waals surface area contributed by atoms with E-state index in [9.17, 15) is 0 Å². The minimum atomic E-state index is 0.414. The lowest BCUT2D eigenvalue weighted by Crippen LogP contribution is -2.21. The molecule has 2 rings (SSSR count). The van der Waals surface area contributed by atoms with Crippen LogP contribution in [0.25, 0.3) is 5.52 Å². The number of pyridine rings is 1. The highest BCUT2D eigenvalue weighted by atomic mass is 15.2. The molecule has 2 aromatic rings. The Kier molecular flexibility index (Phi) is 4.37. The van der Waals surface area contributed by atoms with Gasteiger partial charge in [-0.25, -0.2) is 4.52 Å². The molecule has 0 amide bonds. The quantitative estimate of drug-likeness (QED) is 0.845. The number of nitrogens with one attached hydrogen (secondary N) is 1. The lowest BCUT2D eigenvalue weighted by atomic mass is 9.98. The Morgan fingerprint density at radius 1 is 1.28 bits per heavy atom. The fraction of sp³-hybridized carbons (Fsp3) is 0.533.